The van der Waals surface area contributed by atoms with E-state index in [2.05, 4.69) is 10.3 Å². The van der Waals surface area contributed by atoms with Gasteiger partial charge in [0.25, 0.3) is 0 Å². The summed E-state index contributed by atoms with van der Waals surface area (Å²) in [5, 5.41) is 12.9. The lowest BCUT2D eigenvalue weighted by atomic mass is 10.3. The van der Waals surface area contributed by atoms with E-state index in [9.17, 15) is 5.11 Å². The number of aliphatic hydroxyl groups is 1. The zero-order valence-corrected chi connectivity index (χ0v) is 8.95. The molecular formula is C12H15N3O. The molecule has 0 bridgehead atoms. The number of aliphatic hydroxyl groups excluding tert-OH is 1. The maximum absolute atomic E-state index is 9.77. The Bertz CT molecular complexity index is 399. The molecule has 16 heavy (non-hydrogen) atoms. The van der Waals surface area contributed by atoms with Crippen LogP contribution in [-0.4, -0.2) is 27.3 Å². The van der Waals surface area contributed by atoms with Crippen LogP contribution >= 0.6 is 0 Å². The summed E-state index contributed by atoms with van der Waals surface area (Å²) in [5.74, 6) is 0. The van der Waals surface area contributed by atoms with Gasteiger partial charge in [-0.05, 0) is 12.1 Å². The minimum absolute atomic E-state index is 0.422. The Labute approximate surface area is 94.6 Å². The van der Waals surface area contributed by atoms with Crippen LogP contribution in [0.15, 0.2) is 49.1 Å². The van der Waals surface area contributed by atoms with Crippen molar-refractivity contribution >= 4 is 5.69 Å². The number of aromatic nitrogens is 2. The van der Waals surface area contributed by atoms with Crippen LogP contribution in [-0.2, 0) is 6.54 Å². The van der Waals surface area contributed by atoms with Gasteiger partial charge in [-0.1, -0.05) is 18.2 Å². The lowest BCUT2D eigenvalue weighted by Crippen LogP contribution is -2.24. The molecule has 2 rings (SSSR count). The highest BCUT2D eigenvalue weighted by Gasteiger charge is 2.04. The van der Waals surface area contributed by atoms with E-state index in [0.29, 0.717) is 13.1 Å². The number of nitrogens with one attached hydrogen (secondary N) is 1. The zero-order chi connectivity index (χ0) is 11.2. The summed E-state index contributed by atoms with van der Waals surface area (Å²) >= 11 is 0. The number of hydrogen-bond donors (Lipinski definition) is 2. The first-order chi connectivity index (χ1) is 7.84. The molecule has 4 heteroatoms. The van der Waals surface area contributed by atoms with Crippen molar-refractivity contribution in [3.8, 4) is 0 Å². The molecule has 1 heterocycles. The van der Waals surface area contributed by atoms with Crippen molar-refractivity contribution in [3.63, 3.8) is 0 Å². The first-order valence-electron chi connectivity index (χ1n) is 5.27. The predicted octanol–water partition coefficient (Wildman–Crippen LogP) is 1.36. The first-order valence-corrected chi connectivity index (χ1v) is 5.27. The van der Waals surface area contributed by atoms with E-state index in [4.69, 9.17) is 0 Å². The van der Waals surface area contributed by atoms with Crippen molar-refractivity contribution < 1.29 is 5.11 Å². The van der Waals surface area contributed by atoms with Crippen LogP contribution in [0.5, 0.6) is 0 Å². The summed E-state index contributed by atoms with van der Waals surface area (Å²) < 4.78 is 1.86. The quantitative estimate of drug-likeness (QED) is 0.795. The molecule has 0 aliphatic carbocycles. The van der Waals surface area contributed by atoms with Gasteiger partial charge in [0, 0.05) is 24.6 Å². The maximum Gasteiger partial charge on any atom is 0.0946 e. The summed E-state index contributed by atoms with van der Waals surface area (Å²) in [6.07, 6.45) is 4.82. The molecule has 0 saturated heterocycles. The van der Waals surface area contributed by atoms with Crippen molar-refractivity contribution in [3.05, 3.63) is 49.1 Å². The van der Waals surface area contributed by atoms with Crippen LogP contribution < -0.4 is 5.32 Å². The number of nitrogens with zero attached hydrogens (tertiary/aromatic N) is 2. The number of para-hydroxylation sites is 1. The third kappa shape index (κ3) is 3.10. The maximum atomic E-state index is 9.77. The molecule has 1 unspecified atom stereocenters. The van der Waals surface area contributed by atoms with Gasteiger partial charge in [-0.15, -0.1) is 0 Å². The van der Waals surface area contributed by atoms with Crippen molar-refractivity contribution in [2.45, 2.75) is 12.6 Å². The summed E-state index contributed by atoms with van der Waals surface area (Å²) in [4.78, 5) is 3.92. The molecule has 0 aliphatic heterocycles. The second-order valence-corrected chi connectivity index (χ2v) is 3.66. The fourth-order valence-corrected chi connectivity index (χ4v) is 1.49. The number of anilines is 1. The summed E-state index contributed by atoms with van der Waals surface area (Å²) in [6, 6.07) is 9.84. The fourth-order valence-electron chi connectivity index (χ4n) is 1.49. The second kappa shape index (κ2) is 5.32. The Kier molecular flexibility index (Phi) is 3.56. The molecule has 0 saturated carbocycles. The Hall–Kier alpha value is -1.81. The average molecular weight is 217 g/mol. The van der Waals surface area contributed by atoms with Crippen LogP contribution in [0.25, 0.3) is 0 Å². The van der Waals surface area contributed by atoms with E-state index < -0.39 is 6.10 Å². The fraction of sp³-hybridized carbons (Fsp3) is 0.250. The van der Waals surface area contributed by atoms with Gasteiger partial charge in [0.1, 0.15) is 0 Å². The van der Waals surface area contributed by atoms with Gasteiger partial charge in [0.05, 0.1) is 19.0 Å². The predicted molar refractivity (Wildman–Crippen MR) is 63.2 cm³/mol. The molecule has 0 fully saturated rings. The van der Waals surface area contributed by atoms with Crippen LogP contribution in [0.2, 0.25) is 0 Å². The van der Waals surface area contributed by atoms with E-state index in [1.807, 2.05) is 41.1 Å². The molecule has 1 aromatic carbocycles. The summed E-state index contributed by atoms with van der Waals surface area (Å²) in [7, 11) is 0. The van der Waals surface area contributed by atoms with Gasteiger partial charge in [-0.2, -0.15) is 0 Å². The normalized spacial score (nSPS) is 12.3. The van der Waals surface area contributed by atoms with Crippen molar-refractivity contribution in [2.24, 2.45) is 0 Å². The molecule has 84 valence electrons. The van der Waals surface area contributed by atoms with Gasteiger partial charge in [-0.3, -0.25) is 0 Å². The molecule has 0 aliphatic rings. The average Bonchev–Trinajstić information content (AvgIpc) is 2.81. The molecule has 2 aromatic rings. The van der Waals surface area contributed by atoms with E-state index in [1.165, 1.54) is 0 Å². The van der Waals surface area contributed by atoms with Crippen LogP contribution in [0.4, 0.5) is 5.69 Å². The van der Waals surface area contributed by atoms with Gasteiger partial charge >= 0.3 is 0 Å². The minimum Gasteiger partial charge on any atom is -0.389 e. The number of hydrogen-bond acceptors (Lipinski definition) is 3. The second-order valence-electron chi connectivity index (χ2n) is 3.66. The number of rotatable bonds is 5. The molecule has 2 N–H and O–H groups in total. The minimum atomic E-state index is -0.422. The summed E-state index contributed by atoms with van der Waals surface area (Å²) in [5.41, 5.74) is 1.02. The van der Waals surface area contributed by atoms with E-state index in [1.54, 1.807) is 12.5 Å². The van der Waals surface area contributed by atoms with Crippen molar-refractivity contribution in [1.82, 2.24) is 9.55 Å². The monoisotopic (exact) mass is 217 g/mol. The van der Waals surface area contributed by atoms with Gasteiger partial charge in [0.15, 0.2) is 0 Å². The van der Waals surface area contributed by atoms with E-state index in [-0.39, 0.29) is 0 Å². The molecular weight excluding hydrogens is 202 g/mol. The highest BCUT2D eigenvalue weighted by atomic mass is 16.3. The molecule has 1 aromatic heterocycles. The van der Waals surface area contributed by atoms with Crippen LogP contribution in [0.3, 0.4) is 0 Å². The molecule has 4 nitrogen and oxygen atoms in total. The highest BCUT2D eigenvalue weighted by molar-refractivity contribution is 5.42. The van der Waals surface area contributed by atoms with Crippen LogP contribution in [0, 0.1) is 0 Å². The molecule has 1 atom stereocenters. The number of benzene rings is 1. The lowest BCUT2D eigenvalue weighted by Gasteiger charge is -2.13. The Balaban J connectivity index is 1.78. The Morgan fingerprint density at radius 1 is 1.31 bits per heavy atom. The first kappa shape index (κ1) is 10.7. The Morgan fingerprint density at radius 3 is 2.81 bits per heavy atom. The zero-order valence-electron chi connectivity index (χ0n) is 8.95. The smallest absolute Gasteiger partial charge is 0.0946 e. The van der Waals surface area contributed by atoms with Crippen molar-refractivity contribution in [2.75, 3.05) is 11.9 Å². The van der Waals surface area contributed by atoms with E-state index in [0.717, 1.165) is 5.69 Å². The standard InChI is InChI=1S/C12H15N3O/c16-12(9-15-7-6-13-10-15)8-14-11-4-2-1-3-5-11/h1-7,10,12,14,16H,8-9H2. The topological polar surface area (TPSA) is 50.1 Å². The Morgan fingerprint density at radius 2 is 2.12 bits per heavy atom. The molecule has 0 radical (unpaired) electrons. The number of imidazole rings is 1. The van der Waals surface area contributed by atoms with Crippen LogP contribution in [0.1, 0.15) is 0 Å². The summed E-state index contributed by atoms with van der Waals surface area (Å²) in [6.45, 7) is 1.09. The molecule has 0 spiro atoms. The SMILES string of the molecule is OC(CNc1ccccc1)Cn1ccnc1. The third-order valence-corrected chi connectivity index (χ3v) is 2.30. The van der Waals surface area contributed by atoms with Gasteiger partial charge < -0.3 is 15.0 Å². The van der Waals surface area contributed by atoms with Gasteiger partial charge in [0.2, 0.25) is 0 Å². The van der Waals surface area contributed by atoms with Crippen molar-refractivity contribution in [1.29, 1.82) is 0 Å². The van der Waals surface area contributed by atoms with Gasteiger partial charge in [-0.25, -0.2) is 4.98 Å². The molecule has 0 amide bonds. The third-order valence-electron chi connectivity index (χ3n) is 2.30. The highest BCUT2D eigenvalue weighted by Crippen LogP contribution is 2.05. The lowest BCUT2D eigenvalue weighted by molar-refractivity contribution is 0.166. The van der Waals surface area contributed by atoms with E-state index >= 15 is 0 Å². The largest absolute Gasteiger partial charge is 0.389 e.